The zero-order valence-corrected chi connectivity index (χ0v) is 12.0. The Balaban J connectivity index is 2.42. The molecule has 4 heteroatoms. The highest BCUT2D eigenvalue weighted by molar-refractivity contribution is 6.05. The average molecular weight is 270 g/mol. The number of nitrogens with zero attached hydrogens (tertiary/aromatic N) is 2. The van der Waals surface area contributed by atoms with E-state index in [1.165, 1.54) is 0 Å². The number of hydrogen-bond donors (Lipinski definition) is 1. The Morgan fingerprint density at radius 2 is 2.10 bits per heavy atom. The van der Waals surface area contributed by atoms with Crippen molar-refractivity contribution in [1.82, 2.24) is 9.88 Å². The molecule has 0 saturated carbocycles. The third-order valence-corrected chi connectivity index (χ3v) is 3.99. The molecule has 0 atom stereocenters. The third kappa shape index (κ3) is 1.96. The van der Waals surface area contributed by atoms with Gasteiger partial charge in [0.25, 0.3) is 0 Å². The van der Waals surface area contributed by atoms with Crippen molar-refractivity contribution in [2.75, 3.05) is 13.6 Å². The van der Waals surface area contributed by atoms with Crippen LogP contribution in [0.25, 0.3) is 10.9 Å². The summed E-state index contributed by atoms with van der Waals surface area (Å²) in [6.45, 7) is 5.56. The Kier molecular flexibility index (Phi) is 2.98. The van der Waals surface area contributed by atoms with Gasteiger partial charge in [0.1, 0.15) is 0 Å². The molecule has 0 unspecified atom stereocenters. The molecule has 1 aromatic heterocycles. The predicted molar refractivity (Wildman–Crippen MR) is 78.2 cm³/mol. The van der Waals surface area contributed by atoms with E-state index in [9.17, 15) is 9.90 Å². The quantitative estimate of drug-likeness (QED) is 0.865. The number of hydrogen-bond acceptors (Lipinski definition) is 3. The van der Waals surface area contributed by atoms with E-state index in [1.807, 2.05) is 33.0 Å². The topological polar surface area (TPSA) is 53.4 Å². The number of pyridine rings is 1. The van der Waals surface area contributed by atoms with Crippen LogP contribution in [0.1, 0.15) is 32.7 Å². The average Bonchev–Trinajstić information content (AvgIpc) is 2.36. The minimum atomic E-state index is -0.851. The first-order valence-electron chi connectivity index (χ1n) is 6.82. The summed E-state index contributed by atoms with van der Waals surface area (Å²) in [6, 6.07) is 4.00. The van der Waals surface area contributed by atoms with Crippen LogP contribution in [0.5, 0.6) is 0 Å². The molecule has 1 aliphatic rings. The van der Waals surface area contributed by atoms with Crippen molar-refractivity contribution in [1.29, 1.82) is 0 Å². The van der Waals surface area contributed by atoms with Gasteiger partial charge in [-0.1, -0.05) is 6.07 Å². The number of aryl methyl sites for hydroxylation is 2. The monoisotopic (exact) mass is 270 g/mol. The summed E-state index contributed by atoms with van der Waals surface area (Å²) in [5, 5.41) is 10.5. The Labute approximate surface area is 118 Å². The molecule has 0 fully saturated rings. The van der Waals surface area contributed by atoms with Gasteiger partial charge in [-0.25, -0.2) is 4.79 Å². The number of rotatable bonds is 1. The van der Waals surface area contributed by atoms with Gasteiger partial charge in [-0.2, -0.15) is 0 Å². The number of aromatic nitrogens is 1. The normalized spacial score (nSPS) is 15.3. The highest BCUT2D eigenvalue weighted by Crippen LogP contribution is 2.30. The second-order valence-corrected chi connectivity index (χ2v) is 5.68. The van der Waals surface area contributed by atoms with Crippen molar-refractivity contribution in [3.8, 4) is 0 Å². The van der Waals surface area contributed by atoms with Crippen molar-refractivity contribution < 1.29 is 9.90 Å². The summed E-state index contributed by atoms with van der Waals surface area (Å²) in [5.74, 6) is -0.851. The number of aromatic carboxylic acids is 1. The van der Waals surface area contributed by atoms with Crippen LogP contribution >= 0.6 is 0 Å². The van der Waals surface area contributed by atoms with E-state index in [2.05, 4.69) is 4.90 Å². The Morgan fingerprint density at radius 1 is 1.35 bits per heavy atom. The van der Waals surface area contributed by atoms with Gasteiger partial charge in [0.15, 0.2) is 0 Å². The van der Waals surface area contributed by atoms with Crippen LogP contribution in [0.3, 0.4) is 0 Å². The fourth-order valence-corrected chi connectivity index (χ4v) is 3.13. The lowest BCUT2D eigenvalue weighted by Crippen LogP contribution is -2.29. The first kappa shape index (κ1) is 13.1. The van der Waals surface area contributed by atoms with E-state index in [0.717, 1.165) is 46.3 Å². The molecule has 0 aliphatic carbocycles. The van der Waals surface area contributed by atoms with Crippen LogP contribution in [-0.2, 0) is 13.0 Å². The molecule has 3 rings (SSSR count). The molecule has 2 aromatic rings. The van der Waals surface area contributed by atoms with Crippen LogP contribution in [-0.4, -0.2) is 34.6 Å². The zero-order valence-electron chi connectivity index (χ0n) is 12.0. The highest BCUT2D eigenvalue weighted by atomic mass is 16.4. The maximum atomic E-state index is 11.8. The van der Waals surface area contributed by atoms with Crippen LogP contribution in [0.4, 0.5) is 0 Å². The Hall–Kier alpha value is -1.94. The van der Waals surface area contributed by atoms with Crippen molar-refractivity contribution in [3.63, 3.8) is 0 Å². The van der Waals surface area contributed by atoms with Crippen molar-refractivity contribution >= 4 is 16.9 Å². The lowest BCUT2D eigenvalue weighted by Gasteiger charge is -2.26. The Morgan fingerprint density at radius 3 is 2.80 bits per heavy atom. The SMILES string of the molecule is Cc1cc(C)c2c(C(=O)O)c3c(nc2c1)CCN(C)C3. The van der Waals surface area contributed by atoms with Crippen molar-refractivity contribution in [2.45, 2.75) is 26.8 Å². The van der Waals surface area contributed by atoms with Gasteiger partial charge in [0.05, 0.1) is 11.1 Å². The maximum Gasteiger partial charge on any atom is 0.336 e. The molecule has 0 bridgehead atoms. The van der Waals surface area contributed by atoms with Crippen LogP contribution < -0.4 is 0 Å². The first-order valence-corrected chi connectivity index (χ1v) is 6.82. The van der Waals surface area contributed by atoms with E-state index < -0.39 is 5.97 Å². The van der Waals surface area contributed by atoms with E-state index >= 15 is 0 Å². The predicted octanol–water partition coefficient (Wildman–Crippen LogP) is 2.54. The van der Waals surface area contributed by atoms with Crippen molar-refractivity contribution in [2.24, 2.45) is 0 Å². The lowest BCUT2D eigenvalue weighted by molar-refractivity contribution is 0.0696. The molecule has 1 aliphatic heterocycles. The van der Waals surface area contributed by atoms with Gasteiger partial charge >= 0.3 is 5.97 Å². The van der Waals surface area contributed by atoms with Gasteiger partial charge in [0.2, 0.25) is 0 Å². The maximum absolute atomic E-state index is 11.8. The summed E-state index contributed by atoms with van der Waals surface area (Å²) in [7, 11) is 2.01. The van der Waals surface area contributed by atoms with Crippen molar-refractivity contribution in [3.05, 3.63) is 40.1 Å². The lowest BCUT2D eigenvalue weighted by atomic mass is 9.93. The zero-order chi connectivity index (χ0) is 14.4. The van der Waals surface area contributed by atoms with Gasteiger partial charge in [-0.15, -0.1) is 0 Å². The number of carboxylic acids is 1. The Bertz CT molecular complexity index is 722. The number of benzene rings is 1. The molecule has 1 N–H and O–H groups in total. The molecule has 0 saturated heterocycles. The third-order valence-electron chi connectivity index (χ3n) is 3.99. The summed E-state index contributed by atoms with van der Waals surface area (Å²) in [6.07, 6.45) is 0.815. The number of carbonyl (C=O) groups is 1. The summed E-state index contributed by atoms with van der Waals surface area (Å²) < 4.78 is 0. The van der Waals surface area contributed by atoms with E-state index in [1.54, 1.807) is 0 Å². The summed E-state index contributed by atoms with van der Waals surface area (Å²) in [5.41, 5.74) is 5.17. The number of carboxylic acid groups (broad SMARTS) is 1. The molecule has 20 heavy (non-hydrogen) atoms. The molecule has 0 amide bonds. The number of fused-ring (bicyclic) bond motifs is 2. The number of likely N-dealkylation sites (N-methyl/N-ethyl adjacent to an activating group) is 1. The second-order valence-electron chi connectivity index (χ2n) is 5.68. The minimum Gasteiger partial charge on any atom is -0.478 e. The summed E-state index contributed by atoms with van der Waals surface area (Å²) >= 11 is 0. The van der Waals surface area contributed by atoms with Gasteiger partial charge in [-0.3, -0.25) is 4.98 Å². The van der Waals surface area contributed by atoms with E-state index in [-0.39, 0.29) is 0 Å². The largest absolute Gasteiger partial charge is 0.478 e. The fourth-order valence-electron chi connectivity index (χ4n) is 3.13. The summed E-state index contributed by atoms with van der Waals surface area (Å²) in [4.78, 5) is 18.7. The first-order chi connectivity index (χ1) is 9.47. The molecule has 0 spiro atoms. The van der Waals surface area contributed by atoms with Crippen LogP contribution in [0, 0.1) is 13.8 Å². The second kappa shape index (κ2) is 4.56. The molecular formula is C16H18N2O2. The van der Waals surface area contributed by atoms with E-state index in [0.29, 0.717) is 12.1 Å². The van der Waals surface area contributed by atoms with E-state index in [4.69, 9.17) is 4.98 Å². The smallest absolute Gasteiger partial charge is 0.336 e. The minimum absolute atomic E-state index is 0.439. The molecule has 104 valence electrons. The fraction of sp³-hybridized carbons (Fsp3) is 0.375. The molecule has 4 nitrogen and oxygen atoms in total. The van der Waals surface area contributed by atoms with Crippen LogP contribution in [0.2, 0.25) is 0 Å². The molecule has 2 heterocycles. The van der Waals surface area contributed by atoms with Gasteiger partial charge in [-0.05, 0) is 38.1 Å². The molecular weight excluding hydrogens is 252 g/mol. The van der Waals surface area contributed by atoms with Gasteiger partial charge < -0.3 is 10.0 Å². The highest BCUT2D eigenvalue weighted by Gasteiger charge is 2.25. The molecule has 0 radical (unpaired) electrons. The van der Waals surface area contributed by atoms with Gasteiger partial charge in [0, 0.05) is 36.2 Å². The standard InChI is InChI=1S/C16H18N2O2/c1-9-6-10(2)14-13(7-9)17-12-4-5-18(3)8-11(12)15(14)16(19)20/h6-7H,4-5,8H2,1-3H3,(H,19,20). The van der Waals surface area contributed by atoms with Crippen LogP contribution in [0.15, 0.2) is 12.1 Å². The molecule has 1 aromatic carbocycles.